The first kappa shape index (κ1) is 12.7. The van der Waals surface area contributed by atoms with E-state index in [1.165, 1.54) is 28.7 Å². The second kappa shape index (κ2) is 5.02. The van der Waals surface area contributed by atoms with Crippen LogP contribution in [0, 0.1) is 19.8 Å². The first-order chi connectivity index (χ1) is 9.16. The van der Waals surface area contributed by atoms with Gasteiger partial charge in [-0.2, -0.15) is 0 Å². The molecule has 3 rings (SSSR count). The smallest absolute Gasteiger partial charge is 0.0622 e. The van der Waals surface area contributed by atoms with Crippen LogP contribution in [0.25, 0.3) is 0 Å². The number of alkyl halides is 1. The average molecular weight is 271 g/mol. The van der Waals surface area contributed by atoms with Crippen molar-refractivity contribution in [3.05, 3.63) is 70.8 Å². The van der Waals surface area contributed by atoms with Gasteiger partial charge in [0.2, 0.25) is 0 Å². The van der Waals surface area contributed by atoms with Crippen molar-refractivity contribution >= 4 is 11.6 Å². The van der Waals surface area contributed by atoms with E-state index in [9.17, 15) is 0 Å². The Morgan fingerprint density at radius 2 is 1.79 bits per heavy atom. The summed E-state index contributed by atoms with van der Waals surface area (Å²) in [6.07, 6.45) is 1.21. The summed E-state index contributed by atoms with van der Waals surface area (Å²) >= 11 is 6.71. The predicted molar refractivity (Wildman–Crippen MR) is 81.8 cm³/mol. The molecule has 1 aliphatic carbocycles. The molecule has 0 bridgehead atoms. The summed E-state index contributed by atoms with van der Waals surface area (Å²) < 4.78 is 0. The number of hydrogen-bond donors (Lipinski definition) is 0. The fraction of sp³-hybridized carbons (Fsp3) is 0.333. The Morgan fingerprint density at radius 3 is 2.47 bits per heavy atom. The van der Waals surface area contributed by atoms with Crippen LogP contribution in [0.4, 0.5) is 0 Å². The van der Waals surface area contributed by atoms with Gasteiger partial charge in [-0.05, 0) is 48.8 Å². The van der Waals surface area contributed by atoms with Crippen LogP contribution in [0.3, 0.4) is 0 Å². The predicted octanol–water partition coefficient (Wildman–Crippen LogP) is 5.39. The normalized spacial score (nSPS) is 23.1. The van der Waals surface area contributed by atoms with Crippen LogP contribution in [0.1, 0.15) is 40.0 Å². The van der Waals surface area contributed by atoms with Gasteiger partial charge in [0.05, 0.1) is 5.38 Å². The minimum absolute atomic E-state index is 0.144. The SMILES string of the molecule is Cc1ccc(C(Cl)C2CC2c2ccccc2)c(C)c1. The first-order valence-electron chi connectivity index (χ1n) is 6.93. The summed E-state index contributed by atoms with van der Waals surface area (Å²) in [6, 6.07) is 17.3. The number of benzene rings is 2. The molecular formula is C18H19Cl. The van der Waals surface area contributed by atoms with Gasteiger partial charge in [-0.3, -0.25) is 0 Å². The molecule has 0 saturated heterocycles. The molecule has 19 heavy (non-hydrogen) atoms. The highest BCUT2D eigenvalue weighted by molar-refractivity contribution is 6.21. The molecule has 0 aliphatic heterocycles. The van der Waals surface area contributed by atoms with Crippen molar-refractivity contribution in [3.63, 3.8) is 0 Å². The maximum atomic E-state index is 6.71. The fourth-order valence-electron chi connectivity index (χ4n) is 2.99. The zero-order chi connectivity index (χ0) is 13.4. The Kier molecular flexibility index (Phi) is 3.36. The van der Waals surface area contributed by atoms with Gasteiger partial charge in [-0.15, -0.1) is 11.6 Å². The topological polar surface area (TPSA) is 0 Å². The Hall–Kier alpha value is -1.27. The lowest BCUT2D eigenvalue weighted by molar-refractivity contribution is 0.759. The molecule has 0 radical (unpaired) electrons. The summed E-state index contributed by atoms with van der Waals surface area (Å²) in [4.78, 5) is 0. The van der Waals surface area contributed by atoms with Crippen LogP contribution in [-0.2, 0) is 0 Å². The molecule has 2 aromatic carbocycles. The highest BCUT2D eigenvalue weighted by Gasteiger charge is 2.43. The number of halogens is 1. The van der Waals surface area contributed by atoms with E-state index in [2.05, 4.69) is 62.4 Å². The Bertz CT molecular complexity index is 573. The summed E-state index contributed by atoms with van der Waals surface area (Å²) in [5.41, 5.74) is 5.36. The zero-order valence-corrected chi connectivity index (χ0v) is 12.2. The zero-order valence-electron chi connectivity index (χ0n) is 11.4. The lowest BCUT2D eigenvalue weighted by atomic mass is 9.98. The van der Waals surface area contributed by atoms with Crippen molar-refractivity contribution in [1.82, 2.24) is 0 Å². The summed E-state index contributed by atoms with van der Waals surface area (Å²) in [5, 5.41) is 0.144. The molecule has 0 nitrogen and oxygen atoms in total. The molecule has 1 heteroatoms. The molecule has 1 aliphatic rings. The van der Waals surface area contributed by atoms with Crippen LogP contribution >= 0.6 is 11.6 Å². The molecule has 0 spiro atoms. The van der Waals surface area contributed by atoms with Crippen LogP contribution < -0.4 is 0 Å². The van der Waals surface area contributed by atoms with E-state index in [0.29, 0.717) is 11.8 Å². The lowest BCUT2D eigenvalue weighted by Crippen LogP contribution is -1.98. The molecule has 98 valence electrons. The molecule has 0 N–H and O–H groups in total. The highest BCUT2D eigenvalue weighted by atomic mass is 35.5. The van der Waals surface area contributed by atoms with Crippen molar-refractivity contribution in [2.75, 3.05) is 0 Å². The van der Waals surface area contributed by atoms with E-state index in [0.717, 1.165) is 0 Å². The summed E-state index contributed by atoms with van der Waals surface area (Å²) in [7, 11) is 0. The third kappa shape index (κ3) is 2.55. The van der Waals surface area contributed by atoms with Crippen LogP contribution in [0.2, 0.25) is 0 Å². The second-order valence-electron chi connectivity index (χ2n) is 5.68. The Balaban J connectivity index is 1.78. The van der Waals surface area contributed by atoms with Crippen molar-refractivity contribution in [2.45, 2.75) is 31.6 Å². The quantitative estimate of drug-likeness (QED) is 0.656. The third-order valence-corrected chi connectivity index (χ3v) is 4.72. The maximum absolute atomic E-state index is 6.71. The molecule has 0 aromatic heterocycles. The minimum atomic E-state index is 0.144. The fourth-order valence-corrected chi connectivity index (χ4v) is 3.51. The van der Waals surface area contributed by atoms with Gasteiger partial charge in [0.25, 0.3) is 0 Å². The maximum Gasteiger partial charge on any atom is 0.0622 e. The van der Waals surface area contributed by atoms with E-state index in [4.69, 9.17) is 11.6 Å². The van der Waals surface area contributed by atoms with Crippen molar-refractivity contribution < 1.29 is 0 Å². The molecular weight excluding hydrogens is 252 g/mol. The molecule has 3 unspecified atom stereocenters. The minimum Gasteiger partial charge on any atom is -0.117 e. The number of rotatable bonds is 3. The highest BCUT2D eigenvalue weighted by Crippen LogP contribution is 2.56. The Labute approximate surface area is 120 Å². The molecule has 1 fully saturated rings. The third-order valence-electron chi connectivity index (χ3n) is 4.17. The van der Waals surface area contributed by atoms with E-state index in [1.54, 1.807) is 0 Å². The van der Waals surface area contributed by atoms with Gasteiger partial charge in [0.15, 0.2) is 0 Å². The van der Waals surface area contributed by atoms with Gasteiger partial charge in [0, 0.05) is 0 Å². The largest absolute Gasteiger partial charge is 0.117 e. The van der Waals surface area contributed by atoms with E-state index in [1.807, 2.05) is 0 Å². The van der Waals surface area contributed by atoms with Gasteiger partial charge in [-0.1, -0.05) is 54.1 Å². The lowest BCUT2D eigenvalue weighted by Gasteiger charge is -2.13. The first-order valence-corrected chi connectivity index (χ1v) is 7.36. The Morgan fingerprint density at radius 1 is 1.05 bits per heavy atom. The van der Waals surface area contributed by atoms with Crippen LogP contribution in [0.15, 0.2) is 48.5 Å². The second-order valence-corrected chi connectivity index (χ2v) is 6.15. The van der Waals surface area contributed by atoms with E-state index < -0.39 is 0 Å². The van der Waals surface area contributed by atoms with E-state index >= 15 is 0 Å². The van der Waals surface area contributed by atoms with Crippen molar-refractivity contribution in [1.29, 1.82) is 0 Å². The standard InChI is InChI=1S/C18H19Cl/c1-12-8-9-15(13(2)10-12)18(19)17-11-16(17)14-6-4-3-5-7-14/h3-10,16-18H,11H2,1-2H3. The number of hydrogen-bond acceptors (Lipinski definition) is 0. The van der Waals surface area contributed by atoms with Crippen LogP contribution in [0.5, 0.6) is 0 Å². The van der Waals surface area contributed by atoms with Gasteiger partial charge in [0.1, 0.15) is 0 Å². The van der Waals surface area contributed by atoms with Gasteiger partial charge >= 0.3 is 0 Å². The summed E-state index contributed by atoms with van der Waals surface area (Å²) in [5.74, 6) is 1.23. The molecule has 1 saturated carbocycles. The molecule has 2 aromatic rings. The van der Waals surface area contributed by atoms with Crippen molar-refractivity contribution in [3.8, 4) is 0 Å². The number of aryl methyl sites for hydroxylation is 2. The van der Waals surface area contributed by atoms with Gasteiger partial charge in [-0.25, -0.2) is 0 Å². The average Bonchev–Trinajstić information content (AvgIpc) is 3.19. The van der Waals surface area contributed by atoms with Crippen LogP contribution in [-0.4, -0.2) is 0 Å². The van der Waals surface area contributed by atoms with Gasteiger partial charge < -0.3 is 0 Å². The van der Waals surface area contributed by atoms with E-state index in [-0.39, 0.29) is 5.38 Å². The van der Waals surface area contributed by atoms with Crippen molar-refractivity contribution in [2.24, 2.45) is 5.92 Å². The monoisotopic (exact) mass is 270 g/mol. The summed E-state index contributed by atoms with van der Waals surface area (Å²) in [6.45, 7) is 4.29. The molecule has 0 heterocycles. The molecule has 3 atom stereocenters. The molecule has 0 amide bonds.